The molecule has 66 heavy (non-hydrogen) atoms. The van der Waals surface area contributed by atoms with E-state index in [1.807, 2.05) is 36.4 Å². The molecular formula is C59H75N2O4Si. The first-order valence-electron chi connectivity index (χ1n) is 24.1. The van der Waals surface area contributed by atoms with Crippen LogP contribution in [0.1, 0.15) is 106 Å². The average molecular weight is 904 g/mol. The third kappa shape index (κ3) is 15.2. The fourth-order valence-electron chi connectivity index (χ4n) is 8.18. The van der Waals surface area contributed by atoms with Gasteiger partial charge in [-0.25, -0.2) is 0 Å². The monoisotopic (exact) mass is 904 g/mol. The van der Waals surface area contributed by atoms with Gasteiger partial charge in [0.1, 0.15) is 30.5 Å². The first kappa shape index (κ1) is 50.2. The molecule has 0 saturated carbocycles. The van der Waals surface area contributed by atoms with Crippen LogP contribution >= 0.6 is 0 Å². The highest BCUT2D eigenvalue weighted by atomic mass is 28.4. The predicted molar refractivity (Wildman–Crippen MR) is 276 cm³/mol. The molecule has 0 heterocycles. The van der Waals surface area contributed by atoms with Crippen molar-refractivity contribution in [1.82, 2.24) is 10.2 Å². The van der Waals surface area contributed by atoms with Crippen LogP contribution in [0.4, 0.5) is 0 Å². The minimum atomic E-state index is -2.05. The molecule has 0 bridgehead atoms. The van der Waals surface area contributed by atoms with E-state index < -0.39 is 8.32 Å². The van der Waals surface area contributed by atoms with Gasteiger partial charge in [0.05, 0.1) is 12.7 Å². The van der Waals surface area contributed by atoms with Gasteiger partial charge in [0.2, 0.25) is 0 Å². The molecule has 0 aromatic heterocycles. The molecule has 0 aliphatic carbocycles. The Hall–Kier alpha value is -5.18. The zero-order chi connectivity index (χ0) is 46.9. The van der Waals surface area contributed by atoms with Gasteiger partial charge in [0, 0.05) is 42.6 Å². The van der Waals surface area contributed by atoms with Crippen molar-refractivity contribution in [3.63, 3.8) is 0 Å². The zero-order valence-electron chi connectivity index (χ0n) is 41.2. The van der Waals surface area contributed by atoms with Crippen LogP contribution in [0.15, 0.2) is 152 Å². The van der Waals surface area contributed by atoms with Crippen molar-refractivity contribution >= 4 is 8.32 Å². The summed E-state index contributed by atoms with van der Waals surface area (Å²) < 4.78 is 26.0. The third-order valence-corrected chi connectivity index (χ3v) is 17.5. The second-order valence-corrected chi connectivity index (χ2v) is 24.4. The van der Waals surface area contributed by atoms with Crippen molar-refractivity contribution in [1.29, 1.82) is 0 Å². The molecule has 0 aliphatic heterocycles. The van der Waals surface area contributed by atoms with E-state index in [0.29, 0.717) is 38.4 Å². The molecule has 0 amide bonds. The average Bonchev–Trinajstić information content (AvgIpc) is 3.31. The molecule has 349 valence electrons. The highest BCUT2D eigenvalue weighted by Crippen LogP contribution is 2.40. The lowest BCUT2D eigenvalue weighted by Crippen LogP contribution is -2.43. The summed E-state index contributed by atoms with van der Waals surface area (Å²) in [6.07, 6.45) is 2.61. The number of nitrogens with one attached hydrogen (secondary N) is 1. The summed E-state index contributed by atoms with van der Waals surface area (Å²) in [4.78, 5) is 2.59. The summed E-state index contributed by atoms with van der Waals surface area (Å²) in [5.74, 6) is 2.75. The van der Waals surface area contributed by atoms with Gasteiger partial charge in [-0.05, 0) is 135 Å². The van der Waals surface area contributed by atoms with Crippen LogP contribution in [-0.4, -0.2) is 51.5 Å². The molecule has 6 rings (SSSR count). The second kappa shape index (κ2) is 24.5. The Bertz CT molecular complexity index is 2290. The molecule has 6 aromatic rings. The van der Waals surface area contributed by atoms with Crippen molar-refractivity contribution in [2.24, 2.45) is 0 Å². The Balaban J connectivity index is 1.06. The Labute approximate surface area is 398 Å². The molecule has 7 heteroatoms. The normalized spacial score (nSPS) is 13.0. The van der Waals surface area contributed by atoms with E-state index in [9.17, 15) is 0 Å². The number of ether oxygens (including phenoxy) is 3. The SMILES string of the molecule is CC(C)N(CC[C@H](c1ccccc1)c1cc(CCOc2ccc(CCNC[C@H](O[Si](C)(C)C(C)(C)C)c3c[c]c(OCc4ccccc4)cc3)cc2)ccc1OCc1ccccc1)C(C)C. The molecule has 6 nitrogen and oxygen atoms in total. The topological polar surface area (TPSA) is 52.2 Å². The summed E-state index contributed by atoms with van der Waals surface area (Å²) in [6.45, 7) is 24.9. The van der Waals surface area contributed by atoms with E-state index >= 15 is 0 Å². The van der Waals surface area contributed by atoms with Crippen LogP contribution in [0, 0.1) is 6.07 Å². The fraction of sp³-hybridized carbons (Fsp3) is 0.390. The quantitative estimate of drug-likeness (QED) is 0.0456. The van der Waals surface area contributed by atoms with Crippen molar-refractivity contribution in [2.45, 2.75) is 123 Å². The van der Waals surface area contributed by atoms with Crippen LogP contribution in [0.3, 0.4) is 0 Å². The first-order valence-corrected chi connectivity index (χ1v) is 27.1. The van der Waals surface area contributed by atoms with Gasteiger partial charge in [-0.15, -0.1) is 0 Å². The number of rotatable bonds is 25. The summed E-state index contributed by atoms with van der Waals surface area (Å²) in [5, 5.41) is 3.80. The molecular weight excluding hydrogens is 829 g/mol. The van der Waals surface area contributed by atoms with Crippen molar-refractivity contribution < 1.29 is 18.6 Å². The van der Waals surface area contributed by atoms with E-state index in [1.165, 1.54) is 22.3 Å². The summed E-state index contributed by atoms with van der Waals surface area (Å²) >= 11 is 0. The fourth-order valence-corrected chi connectivity index (χ4v) is 9.47. The Kier molecular flexibility index (Phi) is 18.7. The van der Waals surface area contributed by atoms with Crippen LogP contribution in [0.5, 0.6) is 17.2 Å². The minimum Gasteiger partial charge on any atom is -0.493 e. The Morgan fingerprint density at radius 3 is 1.82 bits per heavy atom. The second-order valence-electron chi connectivity index (χ2n) is 19.6. The number of benzene rings is 6. The third-order valence-electron chi connectivity index (χ3n) is 13.1. The number of nitrogens with zero attached hydrogens (tertiary/aromatic N) is 1. The lowest BCUT2D eigenvalue weighted by atomic mass is 9.86. The molecule has 1 radical (unpaired) electrons. The van der Waals surface area contributed by atoms with Crippen molar-refractivity contribution in [3.05, 3.63) is 197 Å². The first-order chi connectivity index (χ1) is 31.8. The molecule has 0 unspecified atom stereocenters. The van der Waals surface area contributed by atoms with Crippen molar-refractivity contribution in [3.8, 4) is 17.2 Å². The van der Waals surface area contributed by atoms with E-state index in [2.05, 4.69) is 193 Å². The molecule has 0 spiro atoms. The van der Waals surface area contributed by atoms with Gasteiger partial charge < -0.3 is 24.0 Å². The number of hydrogen-bond acceptors (Lipinski definition) is 6. The minimum absolute atomic E-state index is 0.0838. The van der Waals surface area contributed by atoms with Crippen LogP contribution < -0.4 is 19.5 Å². The summed E-state index contributed by atoms with van der Waals surface area (Å²) in [6, 6.07) is 57.4. The van der Waals surface area contributed by atoms with Gasteiger partial charge >= 0.3 is 0 Å². The van der Waals surface area contributed by atoms with E-state index in [4.69, 9.17) is 18.6 Å². The lowest BCUT2D eigenvalue weighted by Gasteiger charge is -2.39. The van der Waals surface area contributed by atoms with Crippen molar-refractivity contribution in [2.75, 3.05) is 26.2 Å². The van der Waals surface area contributed by atoms with Gasteiger partial charge in [-0.2, -0.15) is 0 Å². The van der Waals surface area contributed by atoms with E-state index in [0.717, 1.165) is 66.3 Å². The maximum Gasteiger partial charge on any atom is 0.192 e. The molecule has 1 N–H and O–H groups in total. The van der Waals surface area contributed by atoms with Gasteiger partial charge in [-0.1, -0.05) is 142 Å². The zero-order valence-corrected chi connectivity index (χ0v) is 42.2. The predicted octanol–water partition coefficient (Wildman–Crippen LogP) is 13.8. The highest BCUT2D eigenvalue weighted by Gasteiger charge is 2.39. The molecule has 0 fully saturated rings. The largest absolute Gasteiger partial charge is 0.493 e. The molecule has 0 aliphatic rings. The Morgan fingerprint density at radius 1 is 0.621 bits per heavy atom. The molecule has 0 saturated heterocycles. The van der Waals surface area contributed by atoms with Gasteiger partial charge in [0.25, 0.3) is 0 Å². The van der Waals surface area contributed by atoms with Crippen LogP contribution in [0.25, 0.3) is 0 Å². The molecule has 6 aromatic carbocycles. The number of hydrogen-bond donors (Lipinski definition) is 1. The summed E-state index contributed by atoms with van der Waals surface area (Å²) in [7, 11) is -2.05. The van der Waals surface area contributed by atoms with E-state index in [-0.39, 0.29) is 17.1 Å². The maximum absolute atomic E-state index is 6.99. The smallest absolute Gasteiger partial charge is 0.192 e. The summed E-state index contributed by atoms with van der Waals surface area (Å²) in [5.41, 5.74) is 8.46. The van der Waals surface area contributed by atoms with Crippen LogP contribution in [-0.2, 0) is 30.5 Å². The molecule has 2 atom stereocenters. The maximum atomic E-state index is 6.99. The van der Waals surface area contributed by atoms with E-state index in [1.54, 1.807) is 0 Å². The Morgan fingerprint density at radius 2 is 1.23 bits per heavy atom. The highest BCUT2D eigenvalue weighted by molar-refractivity contribution is 6.74. The van der Waals surface area contributed by atoms with Gasteiger partial charge in [-0.3, -0.25) is 4.90 Å². The van der Waals surface area contributed by atoms with Crippen LogP contribution in [0.2, 0.25) is 18.1 Å². The van der Waals surface area contributed by atoms with Gasteiger partial charge in [0.15, 0.2) is 8.32 Å². The lowest BCUT2D eigenvalue weighted by molar-refractivity contribution is 0.170. The standard InChI is InChI=1S/C59H75N2O4Si/c1-45(2)61(46(3)4)39-36-55(51-23-17-12-18-24-51)56-41-48(27-34-57(56)64-44-50-21-15-11-16-22-50)37-40-62-53-30-25-47(26-31-53)35-38-60-42-58(65-66(8,9)59(5,6)7)52-28-32-54(33-29-52)63-43-49-19-13-10-14-20-49/h10-32,34,41,45-46,55,58,60H,35-40,42-44H2,1-9H3/t55-,58+/m1/s1.